The molecule has 4 nitrogen and oxygen atoms in total. The second-order valence-corrected chi connectivity index (χ2v) is 6.12. The molecule has 2 aliphatic rings. The average molecular weight is 328 g/mol. The van der Waals surface area contributed by atoms with Crippen molar-refractivity contribution in [3.63, 3.8) is 0 Å². The van der Waals surface area contributed by atoms with E-state index in [1.54, 1.807) is 12.1 Å². The summed E-state index contributed by atoms with van der Waals surface area (Å²) in [5.74, 6) is -0.601. The molecule has 2 unspecified atom stereocenters. The molecule has 1 amide bonds. The Balaban J connectivity index is 1.72. The first-order valence-corrected chi connectivity index (χ1v) is 7.72. The third-order valence-electron chi connectivity index (χ3n) is 4.44. The Kier molecular flexibility index (Phi) is 4.23. The number of alkyl halides is 3. The Labute approximate surface area is 132 Å². The third-order valence-corrected chi connectivity index (χ3v) is 4.44. The quantitative estimate of drug-likeness (QED) is 0.927. The summed E-state index contributed by atoms with van der Waals surface area (Å²) >= 11 is 0. The molecular formula is C16H19F3N2O2. The van der Waals surface area contributed by atoms with Crippen LogP contribution in [0.5, 0.6) is 5.75 Å². The van der Waals surface area contributed by atoms with E-state index in [9.17, 15) is 18.0 Å². The van der Waals surface area contributed by atoms with Gasteiger partial charge in [-0.1, -0.05) is 18.2 Å². The lowest BCUT2D eigenvalue weighted by atomic mass is 10.1. The van der Waals surface area contributed by atoms with Gasteiger partial charge in [0.15, 0.2) is 0 Å². The van der Waals surface area contributed by atoms with Crippen LogP contribution in [0.25, 0.3) is 0 Å². The normalized spacial score (nSPS) is 27.7. The lowest BCUT2D eigenvalue weighted by Crippen LogP contribution is -2.52. The first-order chi connectivity index (χ1) is 10.9. The Morgan fingerprint density at radius 3 is 2.78 bits per heavy atom. The molecule has 3 atom stereocenters. The van der Waals surface area contributed by atoms with Gasteiger partial charge in [0.2, 0.25) is 5.91 Å². The van der Waals surface area contributed by atoms with Crippen molar-refractivity contribution in [2.24, 2.45) is 5.92 Å². The van der Waals surface area contributed by atoms with Crippen molar-refractivity contribution in [1.29, 1.82) is 0 Å². The van der Waals surface area contributed by atoms with Gasteiger partial charge < -0.3 is 15.0 Å². The fraction of sp³-hybridized carbons (Fsp3) is 0.562. The van der Waals surface area contributed by atoms with Gasteiger partial charge in [0.05, 0.1) is 0 Å². The molecule has 1 saturated carbocycles. The lowest BCUT2D eigenvalue weighted by Gasteiger charge is -2.34. The fourth-order valence-electron chi connectivity index (χ4n) is 3.20. The van der Waals surface area contributed by atoms with Gasteiger partial charge in [-0.2, -0.15) is 0 Å². The van der Waals surface area contributed by atoms with Crippen LogP contribution in [0.4, 0.5) is 13.2 Å². The Morgan fingerprint density at radius 2 is 2.09 bits per heavy atom. The topological polar surface area (TPSA) is 41.6 Å². The van der Waals surface area contributed by atoms with Crippen LogP contribution in [0.1, 0.15) is 24.8 Å². The van der Waals surface area contributed by atoms with Crippen molar-refractivity contribution < 1.29 is 22.7 Å². The zero-order chi connectivity index (χ0) is 16.6. The molecule has 1 aromatic rings. The van der Waals surface area contributed by atoms with Crippen LogP contribution >= 0.6 is 0 Å². The van der Waals surface area contributed by atoms with Crippen LogP contribution in [0.3, 0.4) is 0 Å². The van der Waals surface area contributed by atoms with Crippen molar-refractivity contribution in [2.45, 2.75) is 31.7 Å². The van der Waals surface area contributed by atoms with Crippen LogP contribution in [0.15, 0.2) is 24.3 Å². The van der Waals surface area contributed by atoms with Gasteiger partial charge in [0, 0.05) is 31.6 Å². The molecule has 1 heterocycles. The van der Waals surface area contributed by atoms with Crippen molar-refractivity contribution in [3.8, 4) is 5.75 Å². The molecule has 1 saturated heterocycles. The van der Waals surface area contributed by atoms with E-state index in [-0.39, 0.29) is 29.5 Å². The summed E-state index contributed by atoms with van der Waals surface area (Å²) in [7, 11) is 0. The number of amides is 1. The van der Waals surface area contributed by atoms with E-state index in [1.165, 1.54) is 12.1 Å². The highest BCUT2D eigenvalue weighted by Crippen LogP contribution is 2.51. The number of carbonyl (C=O) groups excluding carboxylic acids is 1. The molecule has 0 radical (unpaired) electrons. The highest BCUT2D eigenvalue weighted by Gasteiger charge is 2.48. The van der Waals surface area contributed by atoms with Gasteiger partial charge in [-0.15, -0.1) is 13.2 Å². The first-order valence-electron chi connectivity index (χ1n) is 7.72. The summed E-state index contributed by atoms with van der Waals surface area (Å²) in [6, 6.07) is 6.20. The molecule has 23 heavy (non-hydrogen) atoms. The molecule has 1 aliphatic carbocycles. The molecule has 0 bridgehead atoms. The molecule has 3 rings (SSSR count). The zero-order valence-corrected chi connectivity index (χ0v) is 12.8. The van der Waals surface area contributed by atoms with Crippen LogP contribution in [-0.4, -0.2) is 42.8 Å². The number of halogens is 3. The molecule has 7 heteroatoms. The third kappa shape index (κ3) is 3.60. The predicted molar refractivity (Wildman–Crippen MR) is 78.0 cm³/mol. The first kappa shape index (κ1) is 16.1. The second-order valence-electron chi connectivity index (χ2n) is 6.12. The van der Waals surface area contributed by atoms with Crippen LogP contribution in [-0.2, 0) is 4.79 Å². The molecule has 0 spiro atoms. The van der Waals surface area contributed by atoms with Crippen LogP contribution < -0.4 is 10.1 Å². The number of para-hydroxylation sites is 1. The Morgan fingerprint density at radius 1 is 1.35 bits per heavy atom. The second kappa shape index (κ2) is 6.03. The Hall–Kier alpha value is -1.76. The number of rotatable bonds is 3. The minimum Gasteiger partial charge on any atom is -0.405 e. The van der Waals surface area contributed by atoms with Crippen molar-refractivity contribution in [1.82, 2.24) is 10.2 Å². The summed E-state index contributed by atoms with van der Waals surface area (Å²) in [6.45, 7) is 4.12. The minimum absolute atomic E-state index is 0.0332. The zero-order valence-electron chi connectivity index (χ0n) is 12.8. The van der Waals surface area contributed by atoms with E-state index in [4.69, 9.17) is 0 Å². The van der Waals surface area contributed by atoms with E-state index in [0.29, 0.717) is 18.5 Å². The number of carbonyl (C=O) groups is 1. The number of hydrogen-bond donors (Lipinski definition) is 1. The molecule has 126 valence electrons. The number of benzene rings is 1. The number of ether oxygens (including phenoxy) is 1. The van der Waals surface area contributed by atoms with Crippen LogP contribution in [0, 0.1) is 5.92 Å². The van der Waals surface area contributed by atoms with Gasteiger partial charge in [-0.05, 0) is 30.9 Å². The van der Waals surface area contributed by atoms with Gasteiger partial charge in [-0.25, -0.2) is 0 Å². The maximum absolute atomic E-state index is 12.6. The molecular weight excluding hydrogens is 309 g/mol. The average Bonchev–Trinajstić information content (AvgIpc) is 3.26. The molecule has 1 aromatic carbocycles. The van der Waals surface area contributed by atoms with Gasteiger partial charge in [-0.3, -0.25) is 4.79 Å². The Bertz CT molecular complexity index is 591. The SMILES string of the molecule is C[C@@H]1CNCCN1C(=O)C1CC1c1ccccc1OC(F)(F)F. The molecule has 1 aliphatic heterocycles. The number of nitrogens with one attached hydrogen (secondary N) is 1. The van der Waals surface area contributed by atoms with E-state index in [1.807, 2.05) is 11.8 Å². The van der Waals surface area contributed by atoms with E-state index in [2.05, 4.69) is 10.1 Å². The smallest absolute Gasteiger partial charge is 0.405 e. The monoisotopic (exact) mass is 328 g/mol. The van der Waals surface area contributed by atoms with E-state index < -0.39 is 6.36 Å². The number of nitrogens with zero attached hydrogens (tertiary/aromatic N) is 1. The maximum atomic E-state index is 12.6. The van der Waals surface area contributed by atoms with E-state index in [0.717, 1.165) is 13.1 Å². The minimum atomic E-state index is -4.72. The molecule has 0 aromatic heterocycles. The highest BCUT2D eigenvalue weighted by molar-refractivity contribution is 5.83. The predicted octanol–water partition coefficient (Wildman–Crippen LogP) is 2.51. The summed E-state index contributed by atoms with van der Waals surface area (Å²) < 4.78 is 41.6. The lowest BCUT2D eigenvalue weighted by molar-refractivity contribution is -0.274. The van der Waals surface area contributed by atoms with E-state index >= 15 is 0 Å². The summed E-state index contributed by atoms with van der Waals surface area (Å²) in [5, 5.41) is 3.22. The molecule has 2 fully saturated rings. The summed E-state index contributed by atoms with van der Waals surface area (Å²) in [5.41, 5.74) is 0.464. The van der Waals surface area contributed by atoms with Crippen molar-refractivity contribution >= 4 is 5.91 Å². The van der Waals surface area contributed by atoms with Gasteiger partial charge in [0.1, 0.15) is 5.75 Å². The number of piperazine rings is 1. The van der Waals surface area contributed by atoms with Crippen molar-refractivity contribution in [3.05, 3.63) is 29.8 Å². The summed E-state index contributed by atoms with van der Waals surface area (Å²) in [4.78, 5) is 14.4. The number of hydrogen-bond acceptors (Lipinski definition) is 3. The fourth-order valence-corrected chi connectivity index (χ4v) is 3.20. The standard InChI is InChI=1S/C16H19F3N2O2/c1-10-9-20-6-7-21(10)15(22)13-8-12(13)11-4-2-3-5-14(11)23-16(17,18)19/h2-5,10,12-13,20H,6-9H2,1H3/t10-,12?,13?/m1/s1. The highest BCUT2D eigenvalue weighted by atomic mass is 19.4. The van der Waals surface area contributed by atoms with Crippen molar-refractivity contribution in [2.75, 3.05) is 19.6 Å². The largest absolute Gasteiger partial charge is 0.573 e. The maximum Gasteiger partial charge on any atom is 0.573 e. The van der Waals surface area contributed by atoms with Gasteiger partial charge >= 0.3 is 6.36 Å². The van der Waals surface area contributed by atoms with Gasteiger partial charge in [0.25, 0.3) is 0 Å². The molecule has 1 N–H and O–H groups in total. The van der Waals surface area contributed by atoms with Crippen LogP contribution in [0.2, 0.25) is 0 Å². The summed E-state index contributed by atoms with van der Waals surface area (Å²) in [6.07, 6.45) is -4.15.